The number of methoxy groups -OCH3 is 1. The van der Waals surface area contributed by atoms with Gasteiger partial charge in [-0.2, -0.15) is 5.10 Å². The van der Waals surface area contributed by atoms with E-state index in [-0.39, 0.29) is 18.3 Å². The second kappa shape index (κ2) is 4.68. The van der Waals surface area contributed by atoms with Gasteiger partial charge in [-0.05, 0) is 33.8 Å². The third-order valence-corrected chi connectivity index (χ3v) is 3.75. The van der Waals surface area contributed by atoms with Crippen molar-refractivity contribution < 1.29 is 14.0 Å². The summed E-state index contributed by atoms with van der Waals surface area (Å²) in [7, 11) is 1.31. The van der Waals surface area contributed by atoms with Crippen molar-refractivity contribution in [3.05, 3.63) is 12.3 Å². The van der Waals surface area contributed by atoms with Crippen molar-refractivity contribution in [2.24, 2.45) is 0 Å². The van der Waals surface area contributed by atoms with Crippen LogP contribution in [0.2, 0.25) is 0 Å². The van der Waals surface area contributed by atoms with Crippen LogP contribution in [0.5, 0.6) is 0 Å². The molecular weight excluding hydrogens is 231 g/mol. The molecule has 0 radical (unpaired) electrons. The Morgan fingerprint density at radius 3 is 2.44 bits per heavy atom. The summed E-state index contributed by atoms with van der Waals surface area (Å²) in [6, 6.07) is 1.93. The first-order valence-corrected chi connectivity index (χ1v) is 6.24. The van der Waals surface area contributed by atoms with E-state index in [1.54, 1.807) is 13.3 Å². The molecule has 100 valence electrons. The Morgan fingerprint density at radius 1 is 1.28 bits per heavy atom. The summed E-state index contributed by atoms with van der Waals surface area (Å²) in [6.45, 7) is 9.49. The van der Waals surface area contributed by atoms with Crippen LogP contribution in [0, 0.1) is 0 Å². The van der Waals surface area contributed by atoms with E-state index in [2.05, 4.69) is 5.10 Å². The number of nitrogens with zero attached hydrogens (tertiary/aromatic N) is 2. The van der Waals surface area contributed by atoms with Crippen LogP contribution >= 0.6 is 0 Å². The summed E-state index contributed by atoms with van der Waals surface area (Å²) < 4.78 is 18.9. The quantitative estimate of drug-likeness (QED) is 0.744. The number of rotatable bonds is 4. The Hall–Kier alpha value is -0.845. The van der Waals surface area contributed by atoms with Gasteiger partial charge in [0.15, 0.2) is 0 Å². The molecule has 5 nitrogen and oxygen atoms in total. The normalized spacial score (nSPS) is 21.5. The van der Waals surface area contributed by atoms with E-state index in [9.17, 15) is 0 Å². The molecule has 0 saturated carbocycles. The molecule has 2 rings (SSSR count). The lowest BCUT2D eigenvalue weighted by Gasteiger charge is -2.32. The minimum atomic E-state index is -0.366. The van der Waals surface area contributed by atoms with Crippen molar-refractivity contribution in [2.75, 3.05) is 13.7 Å². The summed E-state index contributed by atoms with van der Waals surface area (Å²) in [4.78, 5) is 0. The highest BCUT2D eigenvalue weighted by molar-refractivity contribution is 6.61. The molecule has 2 heterocycles. The zero-order valence-corrected chi connectivity index (χ0v) is 11.8. The minimum Gasteiger partial charge on any atom is -0.398 e. The van der Waals surface area contributed by atoms with Crippen LogP contribution in [0.4, 0.5) is 0 Å². The van der Waals surface area contributed by atoms with Gasteiger partial charge in [-0.3, -0.25) is 4.68 Å². The molecule has 1 aromatic rings. The molecule has 1 aromatic heterocycles. The molecule has 1 aliphatic heterocycles. The fourth-order valence-electron chi connectivity index (χ4n) is 1.87. The molecule has 0 N–H and O–H groups in total. The number of hydrogen-bond acceptors (Lipinski definition) is 4. The maximum atomic E-state index is 6.01. The summed E-state index contributed by atoms with van der Waals surface area (Å²) >= 11 is 0. The molecule has 0 aliphatic carbocycles. The van der Waals surface area contributed by atoms with Crippen LogP contribution in [0.15, 0.2) is 12.3 Å². The average Bonchev–Trinajstić information content (AvgIpc) is 2.79. The first kappa shape index (κ1) is 13.6. The van der Waals surface area contributed by atoms with Crippen LogP contribution in [0.1, 0.15) is 27.7 Å². The second-order valence-corrected chi connectivity index (χ2v) is 5.56. The van der Waals surface area contributed by atoms with Crippen LogP contribution in [-0.4, -0.2) is 41.8 Å². The molecule has 1 saturated heterocycles. The Labute approximate surface area is 109 Å². The number of hydrogen-bond donors (Lipinski definition) is 0. The summed E-state index contributed by atoms with van der Waals surface area (Å²) in [6.07, 6.45) is 1.76. The van der Waals surface area contributed by atoms with Gasteiger partial charge < -0.3 is 14.0 Å². The van der Waals surface area contributed by atoms with Gasteiger partial charge in [0, 0.05) is 13.3 Å². The lowest BCUT2D eigenvalue weighted by atomic mass is 9.85. The Kier molecular flexibility index (Phi) is 3.53. The van der Waals surface area contributed by atoms with Gasteiger partial charge in [0.05, 0.1) is 29.9 Å². The molecule has 1 aliphatic rings. The van der Waals surface area contributed by atoms with Crippen molar-refractivity contribution in [1.29, 1.82) is 0 Å². The van der Waals surface area contributed by atoms with Crippen LogP contribution < -0.4 is 5.59 Å². The van der Waals surface area contributed by atoms with Crippen LogP contribution in [0.3, 0.4) is 0 Å². The van der Waals surface area contributed by atoms with E-state index in [1.807, 2.05) is 38.4 Å². The van der Waals surface area contributed by atoms with E-state index in [0.717, 1.165) is 5.59 Å². The summed E-state index contributed by atoms with van der Waals surface area (Å²) in [5.41, 5.74) is 0.285. The molecule has 0 unspecified atom stereocenters. The highest BCUT2D eigenvalue weighted by Crippen LogP contribution is 2.36. The SMILES string of the molecule is COCCn1nccc1B1OC(C)(C)C(C)(C)O1. The van der Waals surface area contributed by atoms with Gasteiger partial charge in [0.2, 0.25) is 0 Å². The van der Waals surface area contributed by atoms with Gasteiger partial charge in [-0.1, -0.05) is 0 Å². The van der Waals surface area contributed by atoms with Gasteiger partial charge in [0.1, 0.15) is 0 Å². The molecule has 18 heavy (non-hydrogen) atoms. The number of aromatic nitrogens is 2. The fraction of sp³-hybridized carbons (Fsp3) is 0.750. The van der Waals surface area contributed by atoms with Gasteiger partial charge >= 0.3 is 7.12 Å². The van der Waals surface area contributed by atoms with Crippen LogP contribution in [0.25, 0.3) is 0 Å². The van der Waals surface area contributed by atoms with Gasteiger partial charge in [-0.25, -0.2) is 0 Å². The fourth-order valence-corrected chi connectivity index (χ4v) is 1.87. The third kappa shape index (κ3) is 2.32. The Bertz CT molecular complexity index is 401. The van der Waals surface area contributed by atoms with E-state index in [1.165, 1.54) is 0 Å². The highest BCUT2D eigenvalue weighted by Gasteiger charge is 2.52. The maximum absolute atomic E-state index is 6.01. The van der Waals surface area contributed by atoms with Crippen molar-refractivity contribution in [2.45, 2.75) is 45.4 Å². The Balaban J connectivity index is 2.17. The van der Waals surface area contributed by atoms with Gasteiger partial charge in [0.25, 0.3) is 0 Å². The standard InChI is InChI=1S/C12H21BN2O3/c1-11(2)12(3,4)18-13(17-11)10-6-7-14-15(10)8-9-16-5/h6-7H,8-9H2,1-5H3. The van der Waals surface area contributed by atoms with Crippen molar-refractivity contribution in [3.8, 4) is 0 Å². The minimum absolute atomic E-state index is 0.325. The summed E-state index contributed by atoms with van der Waals surface area (Å²) in [5.74, 6) is 0. The smallest absolute Gasteiger partial charge is 0.398 e. The van der Waals surface area contributed by atoms with Crippen molar-refractivity contribution >= 4 is 12.7 Å². The monoisotopic (exact) mass is 252 g/mol. The molecule has 1 fully saturated rings. The third-order valence-electron chi connectivity index (χ3n) is 3.75. The predicted molar refractivity (Wildman–Crippen MR) is 69.8 cm³/mol. The molecule has 0 atom stereocenters. The second-order valence-electron chi connectivity index (χ2n) is 5.56. The largest absolute Gasteiger partial charge is 0.514 e. The topological polar surface area (TPSA) is 45.5 Å². The van der Waals surface area contributed by atoms with Crippen molar-refractivity contribution in [3.63, 3.8) is 0 Å². The highest BCUT2D eigenvalue weighted by atomic mass is 16.7. The molecular formula is C12H21BN2O3. The zero-order chi connectivity index (χ0) is 13.4. The lowest BCUT2D eigenvalue weighted by Crippen LogP contribution is -2.41. The van der Waals surface area contributed by atoms with E-state index in [0.29, 0.717) is 13.2 Å². The number of ether oxygens (including phenoxy) is 1. The zero-order valence-electron chi connectivity index (χ0n) is 11.8. The molecule has 0 spiro atoms. The molecule has 6 heteroatoms. The molecule has 0 amide bonds. The first-order chi connectivity index (χ1) is 8.37. The molecule has 0 aromatic carbocycles. The Morgan fingerprint density at radius 2 is 1.89 bits per heavy atom. The van der Waals surface area contributed by atoms with E-state index in [4.69, 9.17) is 14.0 Å². The van der Waals surface area contributed by atoms with Crippen LogP contribution in [-0.2, 0) is 20.6 Å². The van der Waals surface area contributed by atoms with Gasteiger partial charge in [-0.15, -0.1) is 0 Å². The maximum Gasteiger partial charge on any atom is 0.514 e. The summed E-state index contributed by atoms with van der Waals surface area (Å²) in [5, 5.41) is 4.27. The van der Waals surface area contributed by atoms with E-state index >= 15 is 0 Å². The predicted octanol–water partition coefficient (Wildman–Crippen LogP) is 0.829. The lowest BCUT2D eigenvalue weighted by molar-refractivity contribution is 0.00578. The average molecular weight is 252 g/mol. The molecule has 0 bridgehead atoms. The first-order valence-electron chi connectivity index (χ1n) is 6.24. The van der Waals surface area contributed by atoms with Crippen molar-refractivity contribution in [1.82, 2.24) is 9.78 Å². The van der Waals surface area contributed by atoms with E-state index < -0.39 is 0 Å².